The van der Waals surface area contributed by atoms with E-state index in [2.05, 4.69) is 36.4 Å². The highest BCUT2D eigenvalue weighted by Crippen LogP contribution is 2.39. The Balaban J connectivity index is 1.24. The largest absolute Gasteiger partial charge is 0.135 e. The van der Waals surface area contributed by atoms with Gasteiger partial charge in [-0.3, -0.25) is 0 Å². The van der Waals surface area contributed by atoms with E-state index < -0.39 is 54.4 Å². The van der Waals surface area contributed by atoms with Gasteiger partial charge in [-0.2, -0.15) is 0 Å². The van der Waals surface area contributed by atoms with Gasteiger partial charge in [0.25, 0.3) is 0 Å². The minimum Gasteiger partial charge on any atom is -0.135 e. The fourth-order valence-corrected chi connectivity index (χ4v) is 7.00. The lowest BCUT2D eigenvalue weighted by Gasteiger charge is -2.12. The molecule has 0 unspecified atom stereocenters. The molecule has 9 aromatic rings. The van der Waals surface area contributed by atoms with E-state index in [1.807, 2.05) is 42.5 Å². The Bertz CT molecular complexity index is 3070. The summed E-state index contributed by atoms with van der Waals surface area (Å²) in [6.45, 7) is 0. The van der Waals surface area contributed by atoms with Crippen molar-refractivity contribution in [1.82, 2.24) is 0 Å². The van der Waals surface area contributed by atoms with Crippen LogP contribution in [-0.2, 0) is 0 Å². The van der Waals surface area contributed by atoms with Crippen molar-refractivity contribution in [3.63, 3.8) is 0 Å². The SMILES string of the molecule is [2H]c1c([2H])c([2H])c2c(c1[2H])c1c([2H])c([2H])c([2H])c([2H])c1c1c([2H])c(-c3cccc(-c4ccc(-c5ccc6sc7ccccc7c6c5)cc4)c3)c([2H])c([2H])c21. The first-order valence-electron chi connectivity index (χ1n) is 19.4. The van der Waals surface area contributed by atoms with Crippen molar-refractivity contribution in [3.05, 3.63) is 157 Å². The zero-order valence-corrected chi connectivity index (χ0v) is 23.4. The second kappa shape index (κ2) is 9.66. The van der Waals surface area contributed by atoms with Crippen molar-refractivity contribution >= 4 is 63.8 Å². The highest BCUT2D eigenvalue weighted by molar-refractivity contribution is 7.25. The third-order valence-corrected chi connectivity index (χ3v) is 9.17. The van der Waals surface area contributed by atoms with Gasteiger partial charge >= 0.3 is 0 Å². The molecule has 0 nitrogen and oxygen atoms in total. The van der Waals surface area contributed by atoms with Crippen molar-refractivity contribution in [2.75, 3.05) is 0 Å². The summed E-state index contributed by atoms with van der Waals surface area (Å²) in [5, 5.41) is 1.61. The molecule has 1 heteroatoms. The van der Waals surface area contributed by atoms with Gasteiger partial charge in [-0.15, -0.1) is 11.3 Å². The maximum atomic E-state index is 9.53. The molecule has 0 radical (unpaired) electrons. The van der Waals surface area contributed by atoms with Gasteiger partial charge in [0.2, 0.25) is 0 Å². The topological polar surface area (TPSA) is 0 Å². The quantitative estimate of drug-likeness (QED) is 0.184. The fourth-order valence-electron chi connectivity index (χ4n) is 5.92. The number of fused-ring (bicyclic) bond motifs is 9. The molecule has 0 fully saturated rings. The molecule has 0 saturated carbocycles. The van der Waals surface area contributed by atoms with Crippen LogP contribution in [0.1, 0.15) is 15.1 Å². The van der Waals surface area contributed by atoms with Crippen molar-refractivity contribution in [1.29, 1.82) is 0 Å². The second-order valence-electron chi connectivity index (χ2n) is 10.5. The fraction of sp³-hybridized carbons (Fsp3) is 0. The van der Waals surface area contributed by atoms with Crippen LogP contribution in [0.4, 0.5) is 0 Å². The van der Waals surface area contributed by atoms with E-state index >= 15 is 0 Å². The first-order chi connectivity index (χ1) is 25.9. The molecule has 0 aliphatic carbocycles. The Morgan fingerprint density at radius 3 is 1.58 bits per heavy atom. The van der Waals surface area contributed by atoms with Crippen molar-refractivity contribution in [2.45, 2.75) is 0 Å². The van der Waals surface area contributed by atoms with E-state index in [9.17, 15) is 4.11 Å². The van der Waals surface area contributed by atoms with Gasteiger partial charge in [0.15, 0.2) is 0 Å². The van der Waals surface area contributed by atoms with Crippen molar-refractivity contribution in [2.24, 2.45) is 0 Å². The van der Waals surface area contributed by atoms with Gasteiger partial charge < -0.3 is 0 Å². The van der Waals surface area contributed by atoms with Gasteiger partial charge in [-0.05, 0) is 96.0 Å². The van der Waals surface area contributed by atoms with Crippen LogP contribution >= 0.6 is 11.3 Å². The van der Waals surface area contributed by atoms with E-state index in [0.717, 1.165) is 22.3 Å². The monoisotopic (exact) mass is 573 g/mol. The highest BCUT2D eigenvalue weighted by atomic mass is 32.1. The van der Waals surface area contributed by atoms with E-state index in [-0.39, 0.29) is 50.0 Å². The van der Waals surface area contributed by atoms with Crippen molar-refractivity contribution in [3.8, 4) is 33.4 Å². The highest BCUT2D eigenvalue weighted by Gasteiger charge is 2.11. The van der Waals surface area contributed by atoms with Crippen LogP contribution in [0, 0.1) is 0 Å². The molecule has 1 aromatic heterocycles. The van der Waals surface area contributed by atoms with Crippen LogP contribution in [-0.4, -0.2) is 0 Å². The lowest BCUT2D eigenvalue weighted by Crippen LogP contribution is -1.86. The molecule has 8 aromatic carbocycles. The van der Waals surface area contributed by atoms with Gasteiger partial charge in [0.05, 0.1) is 15.1 Å². The first-order valence-corrected chi connectivity index (χ1v) is 14.7. The molecule has 0 aliphatic rings. The van der Waals surface area contributed by atoms with Gasteiger partial charge in [-0.1, -0.05) is 127 Å². The van der Waals surface area contributed by atoms with Crippen molar-refractivity contribution < 1.29 is 15.1 Å². The minimum atomic E-state index is -0.595. The van der Waals surface area contributed by atoms with Gasteiger partial charge in [-0.25, -0.2) is 0 Å². The van der Waals surface area contributed by atoms with E-state index in [1.54, 1.807) is 23.5 Å². The Morgan fingerprint density at radius 2 is 0.884 bits per heavy atom. The number of rotatable bonds is 3. The molecule has 9 rings (SSSR count). The molecule has 0 N–H and O–H groups in total. The molecule has 0 amide bonds. The summed E-state index contributed by atoms with van der Waals surface area (Å²) in [5.41, 5.74) is 4.32. The number of thiophene rings is 1. The third kappa shape index (κ3) is 3.97. The summed E-state index contributed by atoms with van der Waals surface area (Å²) in [5.74, 6) is 0. The van der Waals surface area contributed by atoms with Crippen LogP contribution in [0.5, 0.6) is 0 Å². The molecule has 1 heterocycles. The lowest BCUT2D eigenvalue weighted by atomic mass is 9.91. The Kier molecular flexibility index (Phi) is 3.56. The zero-order valence-electron chi connectivity index (χ0n) is 33.6. The maximum Gasteiger partial charge on any atom is 0.0636 e. The number of hydrogen-bond acceptors (Lipinski definition) is 1. The smallest absolute Gasteiger partial charge is 0.0636 e. The van der Waals surface area contributed by atoms with E-state index in [0.29, 0.717) is 5.56 Å². The minimum absolute atomic E-state index is 0.0659. The average molecular weight is 574 g/mol. The Labute approximate surface area is 269 Å². The zero-order chi connectivity index (χ0) is 37.9. The Hall–Kier alpha value is -5.24. The summed E-state index contributed by atoms with van der Waals surface area (Å²) in [7, 11) is 0. The average Bonchev–Trinajstić information content (AvgIpc) is 3.57. The van der Waals surface area contributed by atoms with Crippen LogP contribution in [0.2, 0.25) is 0 Å². The Morgan fingerprint density at radius 1 is 0.349 bits per heavy atom. The standard InChI is InChI=1S/C42H26S/c1-2-12-35-33(10-1)34-11-3-4-13-36(34)39-25-32(20-22-37(35)39)30-9-7-8-29(24-30)27-16-18-28(19-17-27)31-21-23-42-40(26-31)38-14-5-6-15-41(38)43-42/h1-26H/i1D,2D,3D,4D,10D,11D,12D,13D,20D,22D,25D. The van der Waals surface area contributed by atoms with E-state index in [4.69, 9.17) is 11.0 Å². The predicted molar refractivity (Wildman–Crippen MR) is 188 cm³/mol. The summed E-state index contributed by atoms with van der Waals surface area (Å²) in [6.07, 6.45) is 0. The van der Waals surface area contributed by atoms with Gasteiger partial charge in [0, 0.05) is 20.2 Å². The predicted octanol–water partition coefficient (Wildman–Crippen LogP) is 12.5. The molecule has 0 atom stereocenters. The molecule has 43 heavy (non-hydrogen) atoms. The lowest BCUT2D eigenvalue weighted by molar-refractivity contribution is 1.59. The molecule has 0 bridgehead atoms. The number of benzene rings is 8. The third-order valence-electron chi connectivity index (χ3n) is 8.02. The van der Waals surface area contributed by atoms with E-state index in [1.165, 1.54) is 20.2 Å². The summed E-state index contributed by atoms with van der Waals surface area (Å²) < 4.78 is 99.3. The van der Waals surface area contributed by atoms with Crippen LogP contribution in [0.25, 0.3) is 85.9 Å². The second-order valence-corrected chi connectivity index (χ2v) is 11.6. The molecule has 0 aliphatic heterocycles. The summed E-state index contributed by atoms with van der Waals surface area (Å²) in [6, 6.07) is 24.8. The molecular formula is C42H26S. The molecule has 0 saturated heterocycles. The molecular weight excluding hydrogens is 537 g/mol. The molecule has 200 valence electrons. The van der Waals surface area contributed by atoms with Gasteiger partial charge in [0.1, 0.15) is 0 Å². The summed E-state index contributed by atoms with van der Waals surface area (Å²) >= 11 is 1.77. The van der Waals surface area contributed by atoms with Crippen LogP contribution < -0.4 is 0 Å². The molecule has 0 spiro atoms. The maximum absolute atomic E-state index is 9.53. The van der Waals surface area contributed by atoms with Crippen LogP contribution in [0.15, 0.2) is 157 Å². The normalized spacial score (nSPS) is 15.3. The summed E-state index contributed by atoms with van der Waals surface area (Å²) in [4.78, 5) is 0. The number of hydrogen-bond donors (Lipinski definition) is 0. The first kappa shape index (κ1) is 15.8. The van der Waals surface area contributed by atoms with Crippen LogP contribution in [0.3, 0.4) is 0 Å².